The first-order valence-corrected chi connectivity index (χ1v) is 8.10. The zero-order chi connectivity index (χ0) is 15.4. The molecular weight excluding hydrogens is 383 g/mol. The van der Waals surface area contributed by atoms with E-state index in [1.165, 1.54) is 0 Å². The molecule has 1 heterocycles. The first-order chi connectivity index (χ1) is 9.99. The number of aryl methyl sites for hydroxylation is 1. The molecule has 2 atom stereocenters. The van der Waals surface area contributed by atoms with Gasteiger partial charge in [0.15, 0.2) is 0 Å². The zero-order valence-electron chi connectivity index (χ0n) is 12.3. The molecule has 0 saturated carbocycles. The fourth-order valence-electron chi connectivity index (χ4n) is 2.35. The number of aliphatic hydroxyl groups excluding tert-OH is 1. The fourth-order valence-corrected chi connectivity index (χ4v) is 2.99. The van der Waals surface area contributed by atoms with Gasteiger partial charge in [0, 0.05) is 21.8 Å². The van der Waals surface area contributed by atoms with Gasteiger partial charge < -0.3 is 15.2 Å². The standard InChI is InChI=1S/C15H21IN2O3/c1-10-5-12(16)3-4-14(10)17-15(20)7-18-6-13(8-19)21-9-11(18)2/h3-5,11,13,19H,6-9H2,1-2H3,(H,17,20). The highest BCUT2D eigenvalue weighted by atomic mass is 127. The minimum atomic E-state index is -0.200. The number of anilines is 1. The Morgan fingerprint density at radius 2 is 2.33 bits per heavy atom. The molecule has 0 radical (unpaired) electrons. The number of hydrogen-bond donors (Lipinski definition) is 2. The van der Waals surface area contributed by atoms with Crippen molar-refractivity contribution in [2.75, 3.05) is 31.6 Å². The number of nitrogens with one attached hydrogen (secondary N) is 1. The van der Waals surface area contributed by atoms with Gasteiger partial charge in [0.1, 0.15) is 0 Å². The third kappa shape index (κ3) is 4.64. The minimum absolute atomic E-state index is 0.0128. The van der Waals surface area contributed by atoms with Crippen molar-refractivity contribution in [3.05, 3.63) is 27.3 Å². The largest absolute Gasteiger partial charge is 0.394 e. The van der Waals surface area contributed by atoms with Gasteiger partial charge in [-0.05, 0) is 60.2 Å². The van der Waals surface area contributed by atoms with Gasteiger partial charge in [-0.15, -0.1) is 0 Å². The molecule has 1 aliphatic heterocycles. The van der Waals surface area contributed by atoms with Crippen molar-refractivity contribution < 1.29 is 14.6 Å². The Kier molecular flexibility index (Phi) is 5.98. The quantitative estimate of drug-likeness (QED) is 0.749. The average Bonchev–Trinajstić information content (AvgIpc) is 2.44. The van der Waals surface area contributed by atoms with E-state index in [4.69, 9.17) is 4.74 Å². The Bertz CT molecular complexity index is 510. The number of ether oxygens (including phenoxy) is 1. The van der Waals surface area contributed by atoms with Crippen LogP contribution in [-0.4, -0.2) is 54.4 Å². The molecule has 1 saturated heterocycles. The van der Waals surface area contributed by atoms with Crippen molar-refractivity contribution in [2.45, 2.75) is 26.0 Å². The number of morpholine rings is 1. The van der Waals surface area contributed by atoms with Gasteiger partial charge in [-0.3, -0.25) is 9.69 Å². The number of amides is 1. The third-order valence-corrected chi connectivity index (χ3v) is 4.32. The van der Waals surface area contributed by atoms with E-state index in [-0.39, 0.29) is 24.7 Å². The highest BCUT2D eigenvalue weighted by molar-refractivity contribution is 14.1. The molecule has 0 aliphatic carbocycles. The lowest BCUT2D eigenvalue weighted by atomic mass is 10.2. The Hall–Kier alpha value is -0.700. The van der Waals surface area contributed by atoms with Gasteiger partial charge in [0.25, 0.3) is 0 Å². The third-order valence-electron chi connectivity index (χ3n) is 3.65. The molecule has 1 amide bonds. The van der Waals surface area contributed by atoms with Gasteiger partial charge in [-0.2, -0.15) is 0 Å². The predicted octanol–water partition coefficient (Wildman–Crippen LogP) is 1.62. The molecule has 1 aliphatic rings. The van der Waals surface area contributed by atoms with E-state index >= 15 is 0 Å². The number of carbonyl (C=O) groups is 1. The molecule has 0 aromatic heterocycles. The molecule has 2 rings (SSSR count). The lowest BCUT2D eigenvalue weighted by Crippen LogP contribution is -2.51. The monoisotopic (exact) mass is 404 g/mol. The summed E-state index contributed by atoms with van der Waals surface area (Å²) >= 11 is 2.25. The second kappa shape index (κ2) is 7.53. The Balaban J connectivity index is 1.94. The molecule has 2 unspecified atom stereocenters. The summed E-state index contributed by atoms with van der Waals surface area (Å²) in [6.07, 6.45) is -0.200. The number of halogens is 1. The zero-order valence-corrected chi connectivity index (χ0v) is 14.5. The molecule has 5 nitrogen and oxygen atoms in total. The summed E-state index contributed by atoms with van der Waals surface area (Å²) < 4.78 is 6.63. The summed E-state index contributed by atoms with van der Waals surface area (Å²) in [4.78, 5) is 14.2. The van der Waals surface area contributed by atoms with Crippen LogP contribution in [0.1, 0.15) is 12.5 Å². The normalized spacial score (nSPS) is 23.0. The first-order valence-electron chi connectivity index (χ1n) is 7.02. The van der Waals surface area contributed by atoms with Gasteiger partial charge in [0.05, 0.1) is 25.9 Å². The van der Waals surface area contributed by atoms with Crippen LogP contribution in [0, 0.1) is 10.5 Å². The van der Waals surface area contributed by atoms with Crippen LogP contribution in [0.4, 0.5) is 5.69 Å². The molecule has 1 fully saturated rings. The average molecular weight is 404 g/mol. The molecule has 6 heteroatoms. The Morgan fingerprint density at radius 1 is 1.57 bits per heavy atom. The van der Waals surface area contributed by atoms with Crippen molar-refractivity contribution in [2.24, 2.45) is 0 Å². The minimum Gasteiger partial charge on any atom is -0.394 e. The van der Waals surface area contributed by atoms with E-state index in [0.717, 1.165) is 14.8 Å². The van der Waals surface area contributed by atoms with Crippen LogP contribution in [0.15, 0.2) is 18.2 Å². The predicted molar refractivity (Wildman–Crippen MR) is 90.4 cm³/mol. The number of hydrogen-bond acceptors (Lipinski definition) is 4. The van der Waals surface area contributed by atoms with Crippen molar-refractivity contribution >= 4 is 34.2 Å². The van der Waals surface area contributed by atoms with E-state index in [2.05, 4.69) is 27.9 Å². The number of nitrogens with zero attached hydrogens (tertiary/aromatic N) is 1. The van der Waals surface area contributed by atoms with Crippen molar-refractivity contribution in [1.82, 2.24) is 4.90 Å². The summed E-state index contributed by atoms with van der Waals surface area (Å²) in [6.45, 7) is 5.43. The highest BCUT2D eigenvalue weighted by Gasteiger charge is 2.27. The SMILES string of the molecule is Cc1cc(I)ccc1NC(=O)CN1CC(CO)OCC1C. The van der Waals surface area contributed by atoms with Gasteiger partial charge in [0.2, 0.25) is 5.91 Å². The van der Waals surface area contributed by atoms with E-state index in [0.29, 0.717) is 19.7 Å². The molecule has 2 N–H and O–H groups in total. The maximum atomic E-state index is 12.2. The molecule has 1 aromatic rings. The summed E-state index contributed by atoms with van der Waals surface area (Å²) in [6, 6.07) is 6.11. The number of benzene rings is 1. The lowest BCUT2D eigenvalue weighted by molar-refractivity contribution is -0.122. The Morgan fingerprint density at radius 3 is 3.00 bits per heavy atom. The molecule has 0 spiro atoms. The van der Waals surface area contributed by atoms with E-state index < -0.39 is 0 Å². The maximum absolute atomic E-state index is 12.2. The summed E-state index contributed by atoms with van der Waals surface area (Å²) in [5.74, 6) is -0.0373. The molecular formula is C15H21IN2O3. The smallest absolute Gasteiger partial charge is 0.238 e. The van der Waals surface area contributed by atoms with Crippen molar-refractivity contribution in [3.63, 3.8) is 0 Å². The molecule has 1 aromatic carbocycles. The number of aliphatic hydroxyl groups is 1. The second-order valence-corrected chi connectivity index (χ2v) is 6.67. The maximum Gasteiger partial charge on any atom is 0.238 e. The van der Waals surface area contributed by atoms with Crippen LogP contribution >= 0.6 is 22.6 Å². The number of rotatable bonds is 4. The number of carbonyl (C=O) groups excluding carboxylic acids is 1. The van der Waals surface area contributed by atoms with E-state index in [9.17, 15) is 9.90 Å². The van der Waals surface area contributed by atoms with Gasteiger partial charge in [-0.1, -0.05) is 0 Å². The fraction of sp³-hybridized carbons (Fsp3) is 0.533. The highest BCUT2D eigenvalue weighted by Crippen LogP contribution is 2.18. The molecule has 0 bridgehead atoms. The summed E-state index contributed by atoms with van der Waals surface area (Å²) in [7, 11) is 0. The van der Waals surface area contributed by atoms with Crippen molar-refractivity contribution in [3.8, 4) is 0 Å². The first kappa shape index (κ1) is 16.7. The van der Waals surface area contributed by atoms with Crippen LogP contribution in [0.2, 0.25) is 0 Å². The van der Waals surface area contributed by atoms with Crippen molar-refractivity contribution in [1.29, 1.82) is 0 Å². The molecule has 116 valence electrons. The lowest BCUT2D eigenvalue weighted by Gasteiger charge is -2.36. The van der Waals surface area contributed by atoms with E-state index in [1.54, 1.807) is 0 Å². The second-order valence-electron chi connectivity index (χ2n) is 5.42. The van der Waals surface area contributed by atoms with Gasteiger partial charge >= 0.3 is 0 Å². The topological polar surface area (TPSA) is 61.8 Å². The molecule has 21 heavy (non-hydrogen) atoms. The van der Waals surface area contributed by atoms with Gasteiger partial charge in [-0.25, -0.2) is 0 Å². The van der Waals surface area contributed by atoms with Crippen LogP contribution < -0.4 is 5.32 Å². The Labute approximate surface area is 138 Å². The van der Waals surface area contributed by atoms with E-state index in [1.807, 2.05) is 36.9 Å². The van der Waals surface area contributed by atoms with Crippen LogP contribution in [0.25, 0.3) is 0 Å². The van der Waals surface area contributed by atoms with Crippen LogP contribution in [0.3, 0.4) is 0 Å². The van der Waals surface area contributed by atoms with Crippen LogP contribution in [0.5, 0.6) is 0 Å². The summed E-state index contributed by atoms with van der Waals surface area (Å²) in [5, 5.41) is 12.1. The summed E-state index contributed by atoms with van der Waals surface area (Å²) in [5.41, 5.74) is 1.90. The van der Waals surface area contributed by atoms with Crippen LogP contribution in [-0.2, 0) is 9.53 Å².